The van der Waals surface area contributed by atoms with E-state index in [0.29, 0.717) is 12.1 Å². The van der Waals surface area contributed by atoms with Crippen LogP contribution in [-0.2, 0) is 13.0 Å². The monoisotopic (exact) mass is 380 g/mol. The lowest BCUT2D eigenvalue weighted by molar-refractivity contribution is 0.0582. The van der Waals surface area contributed by atoms with Crippen LogP contribution in [0, 0.1) is 6.92 Å². The maximum absolute atomic E-state index is 13.9. The van der Waals surface area contributed by atoms with Crippen LogP contribution < -0.4 is 0 Å². The molecular formula is C23H32N4O. The lowest BCUT2D eigenvalue weighted by Gasteiger charge is -2.35. The lowest BCUT2D eigenvalue weighted by atomic mass is 10.1. The molecule has 2 aromatic rings. The molecule has 0 saturated heterocycles. The summed E-state index contributed by atoms with van der Waals surface area (Å²) in [6.45, 7) is 2.99. The molecule has 0 aromatic carbocycles. The van der Waals surface area contributed by atoms with Crippen molar-refractivity contribution in [1.82, 2.24) is 19.4 Å². The quantitative estimate of drug-likeness (QED) is 0.769. The molecule has 2 aliphatic carbocycles. The minimum atomic E-state index is 0.211. The van der Waals surface area contributed by atoms with Crippen LogP contribution in [0.4, 0.5) is 0 Å². The summed E-state index contributed by atoms with van der Waals surface area (Å²) in [4.78, 5) is 26.0. The summed E-state index contributed by atoms with van der Waals surface area (Å²) in [5, 5.41) is 0. The van der Waals surface area contributed by atoms with Gasteiger partial charge in [-0.25, -0.2) is 9.97 Å². The third-order valence-electron chi connectivity index (χ3n) is 7.09. The Hall–Kier alpha value is -1.91. The molecule has 2 aromatic heterocycles. The first-order chi connectivity index (χ1) is 13.7. The van der Waals surface area contributed by atoms with Gasteiger partial charge in [0, 0.05) is 30.7 Å². The van der Waals surface area contributed by atoms with Crippen LogP contribution in [0.1, 0.15) is 92.5 Å². The first kappa shape index (κ1) is 18.1. The van der Waals surface area contributed by atoms with E-state index in [4.69, 9.17) is 9.97 Å². The molecule has 28 heavy (non-hydrogen) atoms. The summed E-state index contributed by atoms with van der Waals surface area (Å²) < 4.78 is 2.28. The minimum Gasteiger partial charge on any atom is -0.333 e. The molecule has 1 aliphatic heterocycles. The second-order valence-electron chi connectivity index (χ2n) is 9.06. The lowest BCUT2D eigenvalue weighted by Crippen LogP contribution is -2.45. The average Bonchev–Trinajstić information content (AvgIpc) is 3.42. The maximum Gasteiger partial charge on any atom is 0.256 e. The average molecular weight is 381 g/mol. The Kier molecular flexibility index (Phi) is 4.85. The molecule has 2 fully saturated rings. The van der Waals surface area contributed by atoms with Gasteiger partial charge in [0.05, 0.1) is 5.56 Å². The van der Waals surface area contributed by atoms with E-state index in [9.17, 15) is 4.79 Å². The molecule has 0 N–H and O–H groups in total. The highest BCUT2D eigenvalue weighted by Gasteiger charge is 2.36. The van der Waals surface area contributed by atoms with Gasteiger partial charge in [-0.05, 0) is 51.5 Å². The second kappa shape index (κ2) is 7.49. The smallest absolute Gasteiger partial charge is 0.256 e. The van der Waals surface area contributed by atoms with Crippen molar-refractivity contribution in [2.24, 2.45) is 0 Å². The summed E-state index contributed by atoms with van der Waals surface area (Å²) in [7, 11) is 0. The summed E-state index contributed by atoms with van der Waals surface area (Å²) >= 11 is 0. The molecule has 0 unspecified atom stereocenters. The number of rotatable bonds is 3. The van der Waals surface area contributed by atoms with Gasteiger partial charge in [-0.2, -0.15) is 0 Å². The van der Waals surface area contributed by atoms with Gasteiger partial charge < -0.3 is 9.47 Å². The number of carbonyl (C=O) groups excluding carboxylic acids is 1. The zero-order valence-corrected chi connectivity index (χ0v) is 17.1. The van der Waals surface area contributed by atoms with Gasteiger partial charge in [-0.15, -0.1) is 0 Å². The van der Waals surface area contributed by atoms with Gasteiger partial charge in [0.1, 0.15) is 11.3 Å². The molecular weight excluding hydrogens is 348 g/mol. The highest BCUT2D eigenvalue weighted by atomic mass is 16.2. The highest BCUT2D eigenvalue weighted by molar-refractivity contribution is 6.04. The van der Waals surface area contributed by atoms with E-state index in [1.165, 1.54) is 44.9 Å². The molecule has 2 saturated carbocycles. The van der Waals surface area contributed by atoms with Crippen molar-refractivity contribution in [3.8, 4) is 0 Å². The van der Waals surface area contributed by atoms with Gasteiger partial charge in [0.15, 0.2) is 5.65 Å². The summed E-state index contributed by atoms with van der Waals surface area (Å²) in [5.74, 6) is 1.33. The van der Waals surface area contributed by atoms with E-state index < -0.39 is 0 Å². The maximum atomic E-state index is 13.9. The number of carbonyl (C=O) groups is 1. The third kappa shape index (κ3) is 3.13. The molecule has 5 rings (SSSR count). The molecule has 5 heteroatoms. The topological polar surface area (TPSA) is 51.0 Å². The SMILES string of the molecule is Cc1cc(C(=O)N(C2CCCC2)C2CCCC2)c2nc3n(c2n1)CCCCC3. The standard InChI is InChI=1S/C23H32N4O/c1-16-15-19(21-22(24-16)26-14-8-2-3-13-20(26)25-21)23(28)27(17-9-4-5-10-17)18-11-6-7-12-18/h15,17-18H,2-14H2,1H3. The molecule has 0 radical (unpaired) electrons. The van der Waals surface area contributed by atoms with Gasteiger partial charge in [-0.3, -0.25) is 4.79 Å². The first-order valence-electron chi connectivity index (χ1n) is 11.4. The number of nitrogens with zero attached hydrogens (tertiary/aromatic N) is 4. The van der Waals surface area contributed by atoms with Gasteiger partial charge in [0.2, 0.25) is 0 Å². The zero-order chi connectivity index (χ0) is 19.1. The molecule has 5 nitrogen and oxygen atoms in total. The van der Waals surface area contributed by atoms with Crippen LogP contribution in [0.25, 0.3) is 11.2 Å². The van der Waals surface area contributed by atoms with Crippen molar-refractivity contribution in [1.29, 1.82) is 0 Å². The van der Waals surface area contributed by atoms with Crippen LogP contribution >= 0.6 is 0 Å². The van der Waals surface area contributed by atoms with Crippen molar-refractivity contribution in [3.63, 3.8) is 0 Å². The van der Waals surface area contributed by atoms with Gasteiger partial charge >= 0.3 is 0 Å². The normalized spacial score (nSPS) is 21.2. The minimum absolute atomic E-state index is 0.211. The van der Waals surface area contributed by atoms with Crippen LogP contribution in [0.3, 0.4) is 0 Å². The van der Waals surface area contributed by atoms with Crippen LogP contribution in [0.5, 0.6) is 0 Å². The zero-order valence-electron chi connectivity index (χ0n) is 17.1. The largest absolute Gasteiger partial charge is 0.333 e. The van der Waals surface area contributed by atoms with E-state index in [2.05, 4.69) is 9.47 Å². The summed E-state index contributed by atoms with van der Waals surface area (Å²) in [6.07, 6.45) is 14.3. The Morgan fingerprint density at radius 3 is 2.32 bits per heavy atom. The Bertz CT molecular complexity index is 858. The predicted molar refractivity (Wildman–Crippen MR) is 111 cm³/mol. The third-order valence-corrected chi connectivity index (χ3v) is 7.09. The molecule has 0 atom stereocenters. The van der Waals surface area contributed by atoms with Crippen molar-refractivity contribution in [3.05, 3.63) is 23.1 Å². The van der Waals surface area contributed by atoms with Crippen LogP contribution in [0.2, 0.25) is 0 Å². The van der Waals surface area contributed by atoms with Gasteiger partial charge in [0.25, 0.3) is 5.91 Å². The fourth-order valence-electron chi connectivity index (χ4n) is 5.71. The van der Waals surface area contributed by atoms with Crippen molar-refractivity contribution < 1.29 is 4.79 Å². The number of hydrogen-bond acceptors (Lipinski definition) is 3. The van der Waals surface area contributed by atoms with Crippen molar-refractivity contribution in [2.75, 3.05) is 0 Å². The fourth-order valence-corrected chi connectivity index (χ4v) is 5.71. The predicted octanol–water partition coefficient (Wildman–Crippen LogP) is 4.79. The van der Waals surface area contributed by atoms with E-state index >= 15 is 0 Å². The number of aromatic nitrogens is 3. The number of fused-ring (bicyclic) bond motifs is 3. The van der Waals surface area contributed by atoms with E-state index in [1.807, 2.05) is 13.0 Å². The number of amides is 1. The Morgan fingerprint density at radius 2 is 1.64 bits per heavy atom. The Morgan fingerprint density at radius 1 is 0.964 bits per heavy atom. The molecule has 0 bridgehead atoms. The van der Waals surface area contributed by atoms with E-state index in [0.717, 1.165) is 66.9 Å². The number of pyridine rings is 1. The van der Waals surface area contributed by atoms with Crippen molar-refractivity contribution in [2.45, 2.75) is 103 Å². The highest BCUT2D eigenvalue weighted by Crippen LogP contribution is 2.34. The number of hydrogen-bond donors (Lipinski definition) is 0. The Balaban J connectivity index is 1.59. The van der Waals surface area contributed by atoms with Crippen molar-refractivity contribution >= 4 is 17.1 Å². The van der Waals surface area contributed by atoms with Gasteiger partial charge in [-0.1, -0.05) is 32.1 Å². The molecule has 1 amide bonds. The summed E-state index contributed by atoms with van der Waals surface area (Å²) in [5.41, 5.74) is 3.49. The molecule has 3 heterocycles. The fraction of sp³-hybridized carbons (Fsp3) is 0.696. The Labute approximate surface area is 167 Å². The van der Waals surface area contributed by atoms with E-state index in [-0.39, 0.29) is 5.91 Å². The molecule has 0 spiro atoms. The van der Waals surface area contributed by atoms with E-state index in [1.54, 1.807) is 0 Å². The molecule has 150 valence electrons. The number of imidazole rings is 1. The first-order valence-corrected chi connectivity index (χ1v) is 11.4. The summed E-state index contributed by atoms with van der Waals surface area (Å²) in [6, 6.07) is 2.83. The van der Waals surface area contributed by atoms with Crippen LogP contribution in [-0.4, -0.2) is 37.4 Å². The molecule has 3 aliphatic rings. The number of aryl methyl sites for hydroxylation is 3. The van der Waals surface area contributed by atoms with Crippen LogP contribution in [0.15, 0.2) is 6.07 Å². The second-order valence-corrected chi connectivity index (χ2v) is 9.06.